The average Bonchev–Trinajstić information content (AvgIpc) is 2.63. The van der Waals surface area contributed by atoms with E-state index in [9.17, 15) is 14.4 Å². The Morgan fingerprint density at radius 1 is 0.769 bits per heavy atom. The fourth-order valence-electron chi connectivity index (χ4n) is 2.63. The standard InChI is InChI=1S/C20H35NO5/c1-4-6-7-8-9-10-11-12-13-14-15-16-17(22)18(19(23)25-3)21-20(24)26-5-2/h4-16H2,1-3H3. The van der Waals surface area contributed by atoms with Gasteiger partial charge in [0.05, 0.1) is 13.7 Å². The predicted molar refractivity (Wildman–Crippen MR) is 103 cm³/mol. The van der Waals surface area contributed by atoms with Crippen LogP contribution in [0.5, 0.6) is 0 Å². The number of rotatable bonds is 15. The molecule has 0 bridgehead atoms. The zero-order valence-corrected chi connectivity index (χ0v) is 16.7. The molecule has 0 aromatic heterocycles. The molecule has 0 atom stereocenters. The van der Waals surface area contributed by atoms with E-state index in [0.717, 1.165) is 20.0 Å². The Labute approximate surface area is 157 Å². The fourth-order valence-corrected chi connectivity index (χ4v) is 2.63. The van der Waals surface area contributed by atoms with Gasteiger partial charge in [-0.1, -0.05) is 71.1 Å². The molecule has 0 spiro atoms. The first-order chi connectivity index (χ1) is 12.6. The van der Waals surface area contributed by atoms with Crippen molar-refractivity contribution in [2.45, 2.75) is 90.9 Å². The van der Waals surface area contributed by atoms with Gasteiger partial charge in [0.15, 0.2) is 11.5 Å². The first-order valence-corrected chi connectivity index (χ1v) is 9.93. The van der Waals surface area contributed by atoms with E-state index in [4.69, 9.17) is 0 Å². The number of carbonyl (C=O) groups is 3. The van der Waals surface area contributed by atoms with Crippen molar-refractivity contribution >= 4 is 23.6 Å². The van der Waals surface area contributed by atoms with Crippen LogP contribution in [0.15, 0.2) is 4.99 Å². The van der Waals surface area contributed by atoms with Gasteiger partial charge in [-0.3, -0.25) is 4.79 Å². The van der Waals surface area contributed by atoms with Gasteiger partial charge in [-0.05, 0) is 13.3 Å². The van der Waals surface area contributed by atoms with Crippen LogP contribution in [0.2, 0.25) is 0 Å². The van der Waals surface area contributed by atoms with Crippen LogP contribution in [0.1, 0.15) is 90.9 Å². The van der Waals surface area contributed by atoms with Crippen molar-refractivity contribution in [2.75, 3.05) is 13.7 Å². The minimum absolute atomic E-state index is 0.129. The molecule has 26 heavy (non-hydrogen) atoms. The van der Waals surface area contributed by atoms with Gasteiger partial charge >= 0.3 is 12.1 Å². The molecule has 0 fully saturated rings. The minimum Gasteiger partial charge on any atom is -0.464 e. The van der Waals surface area contributed by atoms with Crippen molar-refractivity contribution in [1.29, 1.82) is 0 Å². The fraction of sp³-hybridized carbons (Fsp3) is 0.800. The molecule has 0 aliphatic heterocycles. The summed E-state index contributed by atoms with van der Waals surface area (Å²) in [5, 5.41) is 0. The molecule has 0 aliphatic carbocycles. The van der Waals surface area contributed by atoms with Crippen LogP contribution >= 0.6 is 0 Å². The molecular formula is C20H35NO5. The summed E-state index contributed by atoms with van der Waals surface area (Å²) in [7, 11) is 1.15. The Morgan fingerprint density at radius 3 is 1.73 bits per heavy atom. The van der Waals surface area contributed by atoms with E-state index in [0.29, 0.717) is 6.42 Å². The number of methoxy groups -OCH3 is 1. The number of carbonyl (C=O) groups excluding carboxylic acids is 3. The largest absolute Gasteiger partial charge is 0.464 e. The second-order valence-corrected chi connectivity index (χ2v) is 6.36. The van der Waals surface area contributed by atoms with Gasteiger partial charge < -0.3 is 9.47 Å². The maximum Gasteiger partial charge on any atom is 0.434 e. The number of unbranched alkanes of at least 4 members (excludes halogenated alkanes) is 10. The highest BCUT2D eigenvalue weighted by Crippen LogP contribution is 2.12. The number of esters is 1. The highest BCUT2D eigenvalue weighted by atomic mass is 16.5. The Hall–Kier alpha value is -1.72. The smallest absolute Gasteiger partial charge is 0.434 e. The summed E-state index contributed by atoms with van der Waals surface area (Å²) in [5.74, 6) is -1.37. The molecule has 150 valence electrons. The summed E-state index contributed by atoms with van der Waals surface area (Å²) < 4.78 is 9.16. The van der Waals surface area contributed by atoms with Crippen molar-refractivity contribution in [3.8, 4) is 0 Å². The van der Waals surface area contributed by atoms with Crippen LogP contribution in [-0.4, -0.2) is 37.3 Å². The molecule has 1 amide bonds. The quantitative estimate of drug-likeness (QED) is 0.175. The van der Waals surface area contributed by atoms with Crippen LogP contribution < -0.4 is 0 Å². The molecule has 0 rings (SSSR count). The number of hydrogen-bond donors (Lipinski definition) is 0. The third-order valence-electron chi connectivity index (χ3n) is 4.12. The van der Waals surface area contributed by atoms with Gasteiger partial charge in [-0.15, -0.1) is 0 Å². The highest BCUT2D eigenvalue weighted by molar-refractivity contribution is 6.65. The summed E-state index contributed by atoms with van der Waals surface area (Å²) in [6, 6.07) is 0. The van der Waals surface area contributed by atoms with Crippen molar-refractivity contribution < 1.29 is 23.9 Å². The van der Waals surface area contributed by atoms with Gasteiger partial charge in [-0.2, -0.15) is 4.99 Å². The van der Waals surface area contributed by atoms with Crippen molar-refractivity contribution in [3.63, 3.8) is 0 Å². The molecule has 6 heteroatoms. The second-order valence-electron chi connectivity index (χ2n) is 6.36. The van der Waals surface area contributed by atoms with Crippen LogP contribution in [0.3, 0.4) is 0 Å². The zero-order chi connectivity index (χ0) is 19.6. The van der Waals surface area contributed by atoms with Crippen molar-refractivity contribution in [1.82, 2.24) is 0 Å². The lowest BCUT2D eigenvalue weighted by molar-refractivity contribution is -0.133. The normalized spacial score (nSPS) is 11.3. The SMILES string of the molecule is CCCCCCCCCCCCCC(=O)C(=NC(=O)OCC)C(=O)OC. The summed E-state index contributed by atoms with van der Waals surface area (Å²) >= 11 is 0. The molecule has 0 unspecified atom stereocenters. The molecule has 0 aromatic rings. The van der Waals surface area contributed by atoms with Crippen LogP contribution in [0.25, 0.3) is 0 Å². The van der Waals surface area contributed by atoms with E-state index in [1.54, 1.807) is 6.92 Å². The Bertz CT molecular complexity index is 445. The average molecular weight is 370 g/mol. The van der Waals surface area contributed by atoms with E-state index in [2.05, 4.69) is 21.4 Å². The summed E-state index contributed by atoms with van der Waals surface area (Å²) in [6.07, 6.45) is 12.2. The monoisotopic (exact) mass is 369 g/mol. The molecule has 0 aromatic carbocycles. The summed E-state index contributed by atoms with van der Waals surface area (Å²) in [6.45, 7) is 3.98. The highest BCUT2D eigenvalue weighted by Gasteiger charge is 2.22. The summed E-state index contributed by atoms with van der Waals surface area (Å²) in [5.41, 5.74) is -0.474. The number of aliphatic imine (C=N–C) groups is 1. The lowest BCUT2D eigenvalue weighted by Crippen LogP contribution is -2.27. The maximum atomic E-state index is 12.1. The third-order valence-corrected chi connectivity index (χ3v) is 4.12. The lowest BCUT2D eigenvalue weighted by Gasteiger charge is -2.04. The van der Waals surface area contributed by atoms with Gasteiger partial charge in [-0.25, -0.2) is 9.59 Å². The Kier molecular flexibility index (Phi) is 15.6. The Morgan fingerprint density at radius 2 is 1.27 bits per heavy atom. The van der Waals surface area contributed by atoms with Crippen LogP contribution in [0, 0.1) is 0 Å². The molecule has 0 N–H and O–H groups in total. The number of amides is 1. The van der Waals surface area contributed by atoms with Crippen molar-refractivity contribution in [3.05, 3.63) is 0 Å². The molecule has 0 saturated carbocycles. The molecule has 0 saturated heterocycles. The lowest BCUT2D eigenvalue weighted by atomic mass is 10.0. The maximum absolute atomic E-state index is 12.1. The molecule has 0 heterocycles. The first-order valence-electron chi connectivity index (χ1n) is 9.93. The number of ketones is 1. The molecule has 6 nitrogen and oxygen atoms in total. The van der Waals surface area contributed by atoms with E-state index in [1.807, 2.05) is 0 Å². The third kappa shape index (κ3) is 12.6. The van der Waals surface area contributed by atoms with Crippen LogP contribution in [-0.2, 0) is 19.1 Å². The van der Waals surface area contributed by atoms with Gasteiger partial charge in [0, 0.05) is 6.42 Å². The van der Waals surface area contributed by atoms with E-state index in [-0.39, 0.29) is 13.0 Å². The zero-order valence-electron chi connectivity index (χ0n) is 16.7. The number of ether oxygens (including phenoxy) is 2. The topological polar surface area (TPSA) is 82.0 Å². The molecule has 0 aliphatic rings. The first kappa shape index (κ1) is 24.3. The van der Waals surface area contributed by atoms with E-state index >= 15 is 0 Å². The number of nitrogens with zero attached hydrogens (tertiary/aromatic N) is 1. The van der Waals surface area contributed by atoms with Gasteiger partial charge in [0.25, 0.3) is 0 Å². The van der Waals surface area contributed by atoms with E-state index in [1.165, 1.54) is 51.4 Å². The van der Waals surface area contributed by atoms with E-state index < -0.39 is 23.6 Å². The molecule has 0 radical (unpaired) electrons. The number of hydrogen-bond acceptors (Lipinski definition) is 5. The second kappa shape index (κ2) is 16.7. The number of Topliss-reactive ketones (excluding diaryl/α,β-unsaturated/α-hetero) is 1. The van der Waals surface area contributed by atoms with Crippen molar-refractivity contribution in [2.24, 2.45) is 4.99 Å². The summed E-state index contributed by atoms with van der Waals surface area (Å²) in [4.78, 5) is 38.5. The Balaban J connectivity index is 3.96. The minimum atomic E-state index is -0.944. The molecular weight excluding hydrogens is 334 g/mol. The van der Waals surface area contributed by atoms with Gasteiger partial charge in [0.1, 0.15) is 0 Å². The van der Waals surface area contributed by atoms with Crippen LogP contribution in [0.4, 0.5) is 4.79 Å². The van der Waals surface area contributed by atoms with Gasteiger partial charge in [0.2, 0.25) is 0 Å². The predicted octanol–water partition coefficient (Wildman–Crippen LogP) is 5.03.